The number of methoxy groups -OCH3 is 3. The smallest absolute Gasteiger partial charge is 0.261 e. The topological polar surface area (TPSA) is 106 Å². The Kier molecular flexibility index (Phi) is 10.2. The van der Waals surface area contributed by atoms with Crippen LogP contribution in [0, 0.1) is 6.92 Å². The predicted molar refractivity (Wildman–Crippen MR) is 155 cm³/mol. The second kappa shape index (κ2) is 13.3. The van der Waals surface area contributed by atoms with Gasteiger partial charge in [0.05, 0.1) is 32.8 Å². The first-order valence-corrected chi connectivity index (χ1v) is 13.6. The number of amides is 3. The van der Waals surface area contributed by atoms with E-state index in [-0.39, 0.29) is 19.0 Å². The van der Waals surface area contributed by atoms with Gasteiger partial charge in [-0.25, -0.2) is 0 Å². The second-order valence-corrected chi connectivity index (χ2v) is 11.2. The highest BCUT2D eigenvalue weighted by molar-refractivity contribution is 7.12. The molecule has 10 heteroatoms. The van der Waals surface area contributed by atoms with Gasteiger partial charge < -0.3 is 29.7 Å². The molecule has 2 N–H and O–H groups in total. The van der Waals surface area contributed by atoms with E-state index in [1.54, 1.807) is 29.6 Å². The molecule has 3 amide bonds. The summed E-state index contributed by atoms with van der Waals surface area (Å²) >= 11 is 1.28. The molecule has 1 heterocycles. The number of rotatable bonds is 11. The standard InChI is InChI=1S/C30H37N3O6S/c1-19-10-12-20(13-11-19)18-33(25(34)17-31-28(35)24-9-8-14-40-24)26(29(36)32-30(2,3)4)21-15-22(37-5)27(39-7)23(16-21)38-6/h8-16,26H,17-18H2,1-7H3,(H,31,35)(H,32,36). The summed E-state index contributed by atoms with van der Waals surface area (Å²) in [6.45, 7) is 7.39. The molecule has 1 unspecified atom stereocenters. The van der Waals surface area contributed by atoms with Crippen LogP contribution in [0.3, 0.4) is 0 Å². The van der Waals surface area contributed by atoms with Gasteiger partial charge in [-0.1, -0.05) is 35.9 Å². The highest BCUT2D eigenvalue weighted by Gasteiger charge is 2.35. The number of thiophene rings is 1. The van der Waals surface area contributed by atoms with Crippen LogP contribution in [-0.4, -0.2) is 56.0 Å². The third kappa shape index (κ3) is 7.75. The van der Waals surface area contributed by atoms with Crippen molar-refractivity contribution in [3.05, 3.63) is 75.5 Å². The lowest BCUT2D eigenvalue weighted by Gasteiger charge is -2.34. The maximum atomic E-state index is 13.9. The molecule has 3 rings (SSSR count). The Labute approximate surface area is 239 Å². The summed E-state index contributed by atoms with van der Waals surface area (Å²) in [5.74, 6) is -0.135. The number of nitrogens with one attached hydrogen (secondary N) is 2. The quantitative estimate of drug-likeness (QED) is 0.354. The Balaban J connectivity index is 2.11. The fourth-order valence-corrected chi connectivity index (χ4v) is 4.78. The zero-order valence-corrected chi connectivity index (χ0v) is 24.8. The Morgan fingerprint density at radius 3 is 2.08 bits per heavy atom. The van der Waals surface area contributed by atoms with Gasteiger partial charge in [0.25, 0.3) is 5.91 Å². The van der Waals surface area contributed by atoms with Crippen molar-refractivity contribution in [1.82, 2.24) is 15.5 Å². The van der Waals surface area contributed by atoms with Crippen LogP contribution < -0.4 is 24.8 Å². The summed E-state index contributed by atoms with van der Waals surface area (Å²) < 4.78 is 16.6. The molecule has 2 aromatic carbocycles. The van der Waals surface area contributed by atoms with Crippen LogP contribution in [0.4, 0.5) is 0 Å². The highest BCUT2D eigenvalue weighted by Crippen LogP contribution is 2.41. The third-order valence-corrected chi connectivity index (χ3v) is 6.87. The molecule has 0 bridgehead atoms. The van der Waals surface area contributed by atoms with Crippen molar-refractivity contribution in [2.75, 3.05) is 27.9 Å². The first kappa shape index (κ1) is 30.5. The number of hydrogen-bond donors (Lipinski definition) is 2. The molecule has 0 aliphatic heterocycles. The fraction of sp³-hybridized carbons (Fsp3) is 0.367. The number of carbonyl (C=O) groups is 3. The van der Waals surface area contributed by atoms with E-state index >= 15 is 0 Å². The summed E-state index contributed by atoms with van der Waals surface area (Å²) in [6.07, 6.45) is 0. The van der Waals surface area contributed by atoms with Crippen LogP contribution in [0.1, 0.15) is 53.2 Å². The van der Waals surface area contributed by atoms with Gasteiger partial charge in [-0.15, -0.1) is 11.3 Å². The Hall–Kier alpha value is -4.05. The Bertz CT molecular complexity index is 1290. The first-order valence-electron chi connectivity index (χ1n) is 12.8. The molecule has 40 heavy (non-hydrogen) atoms. The van der Waals surface area contributed by atoms with Gasteiger partial charge in [-0.05, 0) is 62.4 Å². The van der Waals surface area contributed by atoms with Crippen molar-refractivity contribution in [2.45, 2.75) is 45.8 Å². The summed E-state index contributed by atoms with van der Waals surface area (Å²) in [5.41, 5.74) is 1.77. The highest BCUT2D eigenvalue weighted by atomic mass is 32.1. The molecule has 1 aromatic heterocycles. The van der Waals surface area contributed by atoms with E-state index in [9.17, 15) is 14.4 Å². The minimum atomic E-state index is -1.08. The molecule has 0 aliphatic carbocycles. The molecular weight excluding hydrogens is 530 g/mol. The largest absolute Gasteiger partial charge is 0.493 e. The van der Waals surface area contributed by atoms with Crippen molar-refractivity contribution in [3.63, 3.8) is 0 Å². The second-order valence-electron chi connectivity index (χ2n) is 10.3. The minimum Gasteiger partial charge on any atom is -0.493 e. The number of carbonyl (C=O) groups excluding carboxylic acids is 3. The Morgan fingerprint density at radius 1 is 0.950 bits per heavy atom. The molecule has 0 fully saturated rings. The molecule has 9 nitrogen and oxygen atoms in total. The van der Waals surface area contributed by atoms with Gasteiger partial charge in [0.15, 0.2) is 11.5 Å². The average molecular weight is 568 g/mol. The first-order chi connectivity index (χ1) is 19.0. The lowest BCUT2D eigenvalue weighted by molar-refractivity contribution is -0.141. The van der Waals surface area contributed by atoms with Gasteiger partial charge in [-0.2, -0.15) is 0 Å². The molecule has 0 saturated carbocycles. The van der Waals surface area contributed by atoms with Crippen molar-refractivity contribution in [2.24, 2.45) is 0 Å². The molecule has 1 atom stereocenters. The molecular formula is C30H37N3O6S. The van der Waals surface area contributed by atoms with Gasteiger partial charge in [0.2, 0.25) is 17.6 Å². The van der Waals surface area contributed by atoms with Gasteiger partial charge >= 0.3 is 0 Å². The summed E-state index contributed by atoms with van der Waals surface area (Å²) in [7, 11) is 4.47. The van der Waals surface area contributed by atoms with E-state index < -0.39 is 23.4 Å². The number of benzene rings is 2. The summed E-state index contributed by atoms with van der Waals surface area (Å²) in [6, 6.07) is 13.4. The SMILES string of the molecule is COc1cc(C(C(=O)NC(C)(C)C)N(Cc2ccc(C)cc2)C(=O)CNC(=O)c2cccs2)cc(OC)c1OC. The number of hydrogen-bond acceptors (Lipinski definition) is 7. The molecule has 214 valence electrons. The van der Waals surface area contributed by atoms with Crippen LogP contribution in [-0.2, 0) is 16.1 Å². The summed E-state index contributed by atoms with van der Waals surface area (Å²) in [5, 5.41) is 7.49. The average Bonchev–Trinajstić information content (AvgIpc) is 3.46. The van der Waals surface area contributed by atoms with Crippen molar-refractivity contribution in [1.29, 1.82) is 0 Å². The van der Waals surface area contributed by atoms with Crippen LogP contribution in [0.2, 0.25) is 0 Å². The maximum absolute atomic E-state index is 13.9. The molecule has 0 aliphatic rings. The maximum Gasteiger partial charge on any atom is 0.261 e. The fourth-order valence-electron chi connectivity index (χ4n) is 4.14. The third-order valence-electron chi connectivity index (χ3n) is 6.00. The van der Waals surface area contributed by atoms with Crippen LogP contribution in [0.15, 0.2) is 53.9 Å². The van der Waals surface area contributed by atoms with E-state index in [2.05, 4.69) is 10.6 Å². The van der Waals surface area contributed by atoms with Crippen LogP contribution >= 0.6 is 11.3 Å². The van der Waals surface area contributed by atoms with E-state index in [4.69, 9.17) is 14.2 Å². The summed E-state index contributed by atoms with van der Waals surface area (Å²) in [4.78, 5) is 42.4. The predicted octanol–water partition coefficient (Wildman–Crippen LogP) is 4.50. The van der Waals surface area contributed by atoms with Crippen molar-refractivity contribution >= 4 is 29.1 Å². The van der Waals surface area contributed by atoms with Crippen LogP contribution in [0.25, 0.3) is 0 Å². The lowest BCUT2D eigenvalue weighted by Crippen LogP contribution is -2.50. The lowest BCUT2D eigenvalue weighted by atomic mass is 9.99. The normalized spacial score (nSPS) is 11.8. The molecule has 0 radical (unpaired) electrons. The number of aryl methyl sites for hydroxylation is 1. The van der Waals surface area contributed by atoms with Crippen LogP contribution in [0.5, 0.6) is 17.2 Å². The zero-order chi connectivity index (χ0) is 29.4. The zero-order valence-electron chi connectivity index (χ0n) is 24.0. The van der Waals surface area contributed by atoms with E-state index in [1.165, 1.54) is 37.6 Å². The van der Waals surface area contributed by atoms with E-state index in [1.807, 2.05) is 52.0 Å². The number of nitrogens with zero attached hydrogens (tertiary/aromatic N) is 1. The van der Waals surface area contributed by atoms with Gasteiger partial charge in [0, 0.05) is 12.1 Å². The molecule has 3 aromatic rings. The Morgan fingerprint density at radius 2 is 1.57 bits per heavy atom. The molecule has 0 spiro atoms. The van der Waals surface area contributed by atoms with Crippen molar-refractivity contribution in [3.8, 4) is 17.2 Å². The molecule has 0 saturated heterocycles. The monoisotopic (exact) mass is 567 g/mol. The van der Waals surface area contributed by atoms with Gasteiger partial charge in [-0.3, -0.25) is 14.4 Å². The van der Waals surface area contributed by atoms with Gasteiger partial charge in [0.1, 0.15) is 6.04 Å². The minimum absolute atomic E-state index is 0.118. The van der Waals surface area contributed by atoms with Crippen molar-refractivity contribution < 1.29 is 28.6 Å². The van der Waals surface area contributed by atoms with E-state index in [0.29, 0.717) is 27.7 Å². The number of ether oxygens (including phenoxy) is 3. The van der Waals surface area contributed by atoms with E-state index in [0.717, 1.165) is 11.1 Å².